The van der Waals surface area contributed by atoms with Crippen molar-refractivity contribution in [3.63, 3.8) is 0 Å². The molecule has 4 aromatic rings. The van der Waals surface area contributed by atoms with Gasteiger partial charge >= 0.3 is 0 Å². The predicted octanol–water partition coefficient (Wildman–Crippen LogP) is 3.75. The van der Waals surface area contributed by atoms with Gasteiger partial charge in [0.25, 0.3) is 0 Å². The molecule has 1 aliphatic rings. The predicted molar refractivity (Wildman–Crippen MR) is 137 cm³/mol. The Morgan fingerprint density at radius 1 is 1.06 bits per heavy atom. The van der Waals surface area contributed by atoms with Crippen LogP contribution in [0.2, 0.25) is 0 Å². The van der Waals surface area contributed by atoms with Gasteiger partial charge in [-0.3, -0.25) is 4.98 Å². The van der Waals surface area contributed by atoms with Crippen molar-refractivity contribution in [2.75, 3.05) is 17.3 Å². The van der Waals surface area contributed by atoms with Crippen molar-refractivity contribution >= 4 is 28.6 Å². The Morgan fingerprint density at radius 3 is 2.63 bits per heavy atom. The van der Waals surface area contributed by atoms with E-state index in [0.29, 0.717) is 23.7 Å². The molecular formula is C26H31N7O2. The van der Waals surface area contributed by atoms with Crippen molar-refractivity contribution in [2.45, 2.75) is 57.4 Å². The average molecular weight is 474 g/mol. The SMILES string of the molecule is CCCn1cnc2c(N(C)c3ccc(-c4ccccn4)cc3)nc(N[C@@H]3CCC[C@H](O)[C@@H]3O)nc21. The van der Waals surface area contributed by atoms with Crippen molar-refractivity contribution in [2.24, 2.45) is 0 Å². The Kier molecular flexibility index (Phi) is 6.61. The number of benzene rings is 1. The van der Waals surface area contributed by atoms with Gasteiger partial charge in [0.2, 0.25) is 5.95 Å². The van der Waals surface area contributed by atoms with Crippen molar-refractivity contribution in [3.05, 3.63) is 55.0 Å². The number of rotatable bonds is 7. The normalized spacial score (nSPS) is 20.2. The number of pyridine rings is 1. The minimum atomic E-state index is -0.857. The maximum absolute atomic E-state index is 10.5. The molecule has 0 radical (unpaired) electrons. The van der Waals surface area contributed by atoms with E-state index in [0.717, 1.165) is 48.4 Å². The summed E-state index contributed by atoms with van der Waals surface area (Å²) in [6.45, 7) is 2.90. The molecule has 9 nitrogen and oxygen atoms in total. The van der Waals surface area contributed by atoms with E-state index in [1.54, 1.807) is 12.5 Å². The third kappa shape index (κ3) is 4.69. The molecule has 1 fully saturated rings. The number of nitrogens with zero attached hydrogens (tertiary/aromatic N) is 6. The van der Waals surface area contributed by atoms with E-state index in [2.05, 4.69) is 22.2 Å². The summed E-state index contributed by atoms with van der Waals surface area (Å²) in [5.74, 6) is 1.09. The highest BCUT2D eigenvalue weighted by Gasteiger charge is 2.31. The molecule has 182 valence electrons. The molecule has 0 aliphatic heterocycles. The number of aliphatic hydroxyl groups excluding tert-OH is 2. The van der Waals surface area contributed by atoms with E-state index < -0.39 is 12.2 Å². The second-order valence-electron chi connectivity index (χ2n) is 9.04. The van der Waals surface area contributed by atoms with E-state index >= 15 is 0 Å². The standard InChI is InChI=1S/C26H31N7O2/c1-3-15-33-16-28-22-24(30-26(31-25(22)33)29-20-8-6-9-21(34)23(20)35)32(2)18-12-10-17(11-13-18)19-7-4-5-14-27-19/h4-5,7,10-14,16,20-21,23,34-35H,3,6,8-9,15H2,1-2H3,(H,29,30,31)/t20-,21+,23-/m1/s1. The Morgan fingerprint density at radius 2 is 1.89 bits per heavy atom. The summed E-state index contributed by atoms with van der Waals surface area (Å²) in [5, 5.41) is 23.9. The van der Waals surface area contributed by atoms with E-state index in [1.807, 2.05) is 59.0 Å². The van der Waals surface area contributed by atoms with E-state index in [-0.39, 0.29) is 6.04 Å². The summed E-state index contributed by atoms with van der Waals surface area (Å²) in [5.41, 5.74) is 4.36. The number of hydrogen-bond acceptors (Lipinski definition) is 8. The molecule has 0 saturated heterocycles. The molecule has 0 amide bonds. The van der Waals surface area contributed by atoms with Crippen LogP contribution < -0.4 is 10.2 Å². The first kappa shape index (κ1) is 23.2. The lowest BCUT2D eigenvalue weighted by Gasteiger charge is -2.32. The quantitative estimate of drug-likeness (QED) is 0.372. The molecule has 3 aromatic heterocycles. The molecule has 5 rings (SSSR count). The maximum Gasteiger partial charge on any atom is 0.227 e. The molecule has 0 bridgehead atoms. The average Bonchev–Trinajstić information content (AvgIpc) is 3.29. The lowest BCUT2D eigenvalue weighted by Crippen LogP contribution is -2.45. The van der Waals surface area contributed by atoms with Crippen LogP contribution in [-0.4, -0.2) is 60.0 Å². The van der Waals surface area contributed by atoms with E-state index in [1.165, 1.54) is 0 Å². The Balaban J connectivity index is 1.50. The number of fused-ring (bicyclic) bond motifs is 1. The summed E-state index contributed by atoms with van der Waals surface area (Å²) in [6.07, 6.45) is 5.12. The van der Waals surface area contributed by atoms with Gasteiger partial charge in [-0.05, 0) is 49.9 Å². The molecule has 0 unspecified atom stereocenters. The Hall–Kier alpha value is -3.56. The van der Waals surface area contributed by atoms with Gasteiger partial charge in [0.1, 0.15) is 0 Å². The highest BCUT2D eigenvalue weighted by molar-refractivity contribution is 5.87. The Labute approximate surface area is 204 Å². The number of aliphatic hydroxyl groups is 2. The zero-order valence-electron chi connectivity index (χ0n) is 20.0. The molecule has 3 N–H and O–H groups in total. The van der Waals surface area contributed by atoms with Crippen LogP contribution >= 0.6 is 0 Å². The fraction of sp³-hybridized carbons (Fsp3) is 0.385. The first-order valence-corrected chi connectivity index (χ1v) is 12.2. The van der Waals surface area contributed by atoms with Crippen LogP contribution in [0.3, 0.4) is 0 Å². The van der Waals surface area contributed by atoms with Crippen LogP contribution in [0.4, 0.5) is 17.5 Å². The van der Waals surface area contributed by atoms with Gasteiger partial charge in [-0.2, -0.15) is 9.97 Å². The van der Waals surface area contributed by atoms with Crippen molar-refractivity contribution in [3.8, 4) is 11.3 Å². The first-order chi connectivity index (χ1) is 17.0. The third-order valence-corrected chi connectivity index (χ3v) is 6.58. The topological polar surface area (TPSA) is 112 Å². The fourth-order valence-corrected chi connectivity index (χ4v) is 4.62. The van der Waals surface area contributed by atoms with Crippen LogP contribution in [0, 0.1) is 0 Å². The number of nitrogens with one attached hydrogen (secondary N) is 1. The third-order valence-electron chi connectivity index (χ3n) is 6.58. The van der Waals surface area contributed by atoms with Crippen molar-refractivity contribution in [1.29, 1.82) is 0 Å². The number of anilines is 3. The zero-order valence-corrected chi connectivity index (χ0v) is 20.0. The number of imidazole rings is 1. The van der Waals surface area contributed by atoms with Gasteiger partial charge in [0.15, 0.2) is 17.0 Å². The number of aromatic nitrogens is 5. The molecule has 1 aromatic carbocycles. The van der Waals surface area contributed by atoms with Crippen LogP contribution in [0.1, 0.15) is 32.6 Å². The first-order valence-electron chi connectivity index (χ1n) is 12.2. The van der Waals surface area contributed by atoms with Crippen LogP contribution in [0.5, 0.6) is 0 Å². The molecular weight excluding hydrogens is 442 g/mol. The molecule has 3 heterocycles. The van der Waals surface area contributed by atoms with Crippen LogP contribution in [0.25, 0.3) is 22.4 Å². The molecule has 0 spiro atoms. The smallest absolute Gasteiger partial charge is 0.227 e. The highest BCUT2D eigenvalue weighted by atomic mass is 16.3. The summed E-state index contributed by atoms with van der Waals surface area (Å²) in [6, 6.07) is 13.7. The van der Waals surface area contributed by atoms with Gasteiger partial charge in [0.05, 0.1) is 30.3 Å². The largest absolute Gasteiger partial charge is 0.390 e. The number of hydrogen-bond donors (Lipinski definition) is 3. The molecule has 1 aliphatic carbocycles. The summed E-state index contributed by atoms with van der Waals surface area (Å²) >= 11 is 0. The minimum Gasteiger partial charge on any atom is -0.390 e. The van der Waals surface area contributed by atoms with Gasteiger partial charge in [-0.15, -0.1) is 0 Å². The second kappa shape index (κ2) is 9.97. The summed E-state index contributed by atoms with van der Waals surface area (Å²) in [7, 11) is 1.96. The van der Waals surface area contributed by atoms with Gasteiger partial charge in [-0.25, -0.2) is 4.98 Å². The highest BCUT2D eigenvalue weighted by Crippen LogP contribution is 2.31. The number of aryl methyl sites for hydroxylation is 1. The van der Waals surface area contributed by atoms with Gasteiger partial charge in [-0.1, -0.05) is 25.1 Å². The maximum atomic E-state index is 10.5. The van der Waals surface area contributed by atoms with Crippen LogP contribution in [0.15, 0.2) is 55.0 Å². The Bertz CT molecular complexity index is 1280. The second-order valence-corrected chi connectivity index (χ2v) is 9.04. The fourth-order valence-electron chi connectivity index (χ4n) is 4.62. The molecule has 35 heavy (non-hydrogen) atoms. The lowest BCUT2D eigenvalue weighted by molar-refractivity contribution is -0.0162. The van der Waals surface area contributed by atoms with E-state index in [9.17, 15) is 10.2 Å². The van der Waals surface area contributed by atoms with Gasteiger partial charge in [0, 0.05) is 31.0 Å². The van der Waals surface area contributed by atoms with E-state index in [4.69, 9.17) is 9.97 Å². The van der Waals surface area contributed by atoms with Gasteiger partial charge < -0.3 is 25.0 Å². The monoisotopic (exact) mass is 473 g/mol. The lowest BCUT2D eigenvalue weighted by atomic mass is 9.90. The zero-order chi connectivity index (χ0) is 24.4. The molecule has 3 atom stereocenters. The molecule has 9 heteroatoms. The summed E-state index contributed by atoms with van der Waals surface area (Å²) in [4.78, 5) is 20.6. The van der Waals surface area contributed by atoms with Crippen molar-refractivity contribution in [1.82, 2.24) is 24.5 Å². The summed E-state index contributed by atoms with van der Waals surface area (Å²) < 4.78 is 2.02. The minimum absolute atomic E-state index is 0.311. The van der Waals surface area contributed by atoms with Crippen molar-refractivity contribution < 1.29 is 10.2 Å². The molecule has 1 saturated carbocycles. The van der Waals surface area contributed by atoms with Crippen LogP contribution in [-0.2, 0) is 6.54 Å².